The van der Waals surface area contributed by atoms with Crippen molar-refractivity contribution in [2.75, 3.05) is 18.5 Å². The number of anilines is 1. The summed E-state index contributed by atoms with van der Waals surface area (Å²) < 4.78 is 13.6. The molecular weight excluding hydrogens is 231 g/mol. The normalized spacial score (nSPS) is 11.1. The van der Waals surface area contributed by atoms with Crippen molar-refractivity contribution in [2.24, 2.45) is 5.41 Å². The van der Waals surface area contributed by atoms with Crippen molar-refractivity contribution in [2.45, 2.75) is 26.7 Å². The lowest BCUT2D eigenvalue weighted by Crippen LogP contribution is -2.23. The third-order valence-electron chi connectivity index (χ3n) is 2.87. The Bertz CT molecular complexity index is 438. The Balaban J connectivity index is 2.61. The molecule has 0 atom stereocenters. The van der Waals surface area contributed by atoms with Crippen LogP contribution >= 0.6 is 0 Å². The van der Waals surface area contributed by atoms with E-state index in [1.54, 1.807) is 12.1 Å². The molecule has 0 aliphatic heterocycles. The Morgan fingerprint density at radius 2 is 2.17 bits per heavy atom. The number of benzene rings is 1. The van der Waals surface area contributed by atoms with Crippen molar-refractivity contribution < 1.29 is 9.50 Å². The van der Waals surface area contributed by atoms with E-state index >= 15 is 0 Å². The molecule has 0 saturated carbocycles. The summed E-state index contributed by atoms with van der Waals surface area (Å²) in [6, 6.07) is 6.29. The molecule has 0 aliphatic rings. The maximum atomic E-state index is 13.6. The van der Waals surface area contributed by atoms with Crippen molar-refractivity contribution in [1.82, 2.24) is 0 Å². The van der Waals surface area contributed by atoms with Gasteiger partial charge in [-0.25, -0.2) is 4.39 Å². The van der Waals surface area contributed by atoms with E-state index in [1.165, 1.54) is 6.07 Å². The Kier molecular flexibility index (Phi) is 5.11. The minimum Gasteiger partial charge on any atom is -0.396 e. The standard InChI is InChI=1S/C14H19FN2O/c1-14(2,6-3-7-18)10-17-13-5-4-11(9-16)8-12(13)15/h4-5,8,17-18H,3,6-7,10H2,1-2H3. The number of aliphatic hydroxyl groups excluding tert-OH is 1. The van der Waals surface area contributed by atoms with Crippen LogP contribution < -0.4 is 5.32 Å². The zero-order chi connectivity index (χ0) is 13.6. The van der Waals surface area contributed by atoms with E-state index in [0.717, 1.165) is 12.8 Å². The first-order valence-corrected chi connectivity index (χ1v) is 6.03. The monoisotopic (exact) mass is 250 g/mol. The summed E-state index contributed by atoms with van der Waals surface area (Å²) in [5.74, 6) is -0.410. The van der Waals surface area contributed by atoms with Crippen LogP contribution in [0.2, 0.25) is 0 Å². The molecule has 1 rings (SSSR count). The summed E-state index contributed by atoms with van der Waals surface area (Å²) in [7, 11) is 0. The Morgan fingerprint density at radius 3 is 2.72 bits per heavy atom. The molecule has 4 heteroatoms. The van der Waals surface area contributed by atoms with Crippen molar-refractivity contribution in [1.29, 1.82) is 5.26 Å². The molecule has 2 N–H and O–H groups in total. The highest BCUT2D eigenvalue weighted by atomic mass is 19.1. The van der Waals surface area contributed by atoms with Gasteiger partial charge in [-0.1, -0.05) is 13.8 Å². The summed E-state index contributed by atoms with van der Waals surface area (Å²) in [5, 5.41) is 20.5. The molecule has 1 aromatic carbocycles. The van der Waals surface area contributed by atoms with Gasteiger partial charge in [-0.2, -0.15) is 5.26 Å². The first-order chi connectivity index (χ1) is 8.48. The molecule has 1 aromatic rings. The molecule has 0 bridgehead atoms. The quantitative estimate of drug-likeness (QED) is 0.816. The Hall–Kier alpha value is -1.60. The predicted molar refractivity (Wildman–Crippen MR) is 69.7 cm³/mol. The van der Waals surface area contributed by atoms with E-state index < -0.39 is 5.82 Å². The molecule has 3 nitrogen and oxygen atoms in total. The number of hydrogen-bond donors (Lipinski definition) is 2. The molecule has 18 heavy (non-hydrogen) atoms. The van der Waals surface area contributed by atoms with Gasteiger partial charge in [0.25, 0.3) is 0 Å². The van der Waals surface area contributed by atoms with Crippen molar-refractivity contribution >= 4 is 5.69 Å². The van der Waals surface area contributed by atoms with Gasteiger partial charge in [0.15, 0.2) is 0 Å². The fraction of sp³-hybridized carbons (Fsp3) is 0.500. The highest BCUT2D eigenvalue weighted by Crippen LogP contribution is 2.24. The number of hydrogen-bond acceptors (Lipinski definition) is 3. The van der Waals surface area contributed by atoms with Gasteiger partial charge in [0, 0.05) is 13.2 Å². The van der Waals surface area contributed by atoms with E-state index in [4.69, 9.17) is 10.4 Å². The van der Waals surface area contributed by atoms with Crippen molar-refractivity contribution in [3.8, 4) is 6.07 Å². The number of halogens is 1. The van der Waals surface area contributed by atoms with Crippen LogP contribution in [-0.2, 0) is 0 Å². The second-order valence-corrected chi connectivity index (χ2v) is 5.15. The summed E-state index contributed by atoms with van der Waals surface area (Å²) in [6.45, 7) is 4.93. The maximum absolute atomic E-state index is 13.6. The van der Waals surface area contributed by atoms with E-state index in [0.29, 0.717) is 17.8 Å². The molecule has 0 aromatic heterocycles. The van der Waals surface area contributed by atoms with Crippen LogP contribution in [0.25, 0.3) is 0 Å². The molecule has 0 saturated heterocycles. The number of nitrogens with one attached hydrogen (secondary N) is 1. The zero-order valence-corrected chi connectivity index (χ0v) is 10.8. The van der Waals surface area contributed by atoms with Gasteiger partial charge in [-0.3, -0.25) is 0 Å². The van der Waals surface area contributed by atoms with Crippen LogP contribution in [-0.4, -0.2) is 18.3 Å². The largest absolute Gasteiger partial charge is 0.396 e. The third-order valence-corrected chi connectivity index (χ3v) is 2.87. The fourth-order valence-corrected chi connectivity index (χ4v) is 1.71. The smallest absolute Gasteiger partial charge is 0.147 e. The van der Waals surface area contributed by atoms with Gasteiger partial charge >= 0.3 is 0 Å². The van der Waals surface area contributed by atoms with Crippen LogP contribution in [0.1, 0.15) is 32.3 Å². The minimum absolute atomic E-state index is 0.0108. The molecule has 98 valence electrons. The first kappa shape index (κ1) is 14.5. The van der Waals surface area contributed by atoms with Crippen molar-refractivity contribution in [3.63, 3.8) is 0 Å². The zero-order valence-electron chi connectivity index (χ0n) is 10.8. The Morgan fingerprint density at radius 1 is 1.44 bits per heavy atom. The van der Waals surface area contributed by atoms with Crippen LogP contribution in [0.4, 0.5) is 10.1 Å². The number of nitrogens with zero attached hydrogens (tertiary/aromatic N) is 1. The number of aliphatic hydroxyl groups is 1. The number of nitriles is 1. The molecule has 0 radical (unpaired) electrons. The average Bonchev–Trinajstić information content (AvgIpc) is 2.35. The predicted octanol–water partition coefficient (Wildman–Crippen LogP) is 2.91. The van der Waals surface area contributed by atoms with Gasteiger partial charge in [-0.15, -0.1) is 0 Å². The molecule has 0 fully saturated rings. The first-order valence-electron chi connectivity index (χ1n) is 6.03. The van der Waals surface area contributed by atoms with Gasteiger partial charge < -0.3 is 10.4 Å². The summed E-state index contributed by atoms with van der Waals surface area (Å²) in [6.07, 6.45) is 1.61. The van der Waals surface area contributed by atoms with Gasteiger partial charge in [0.05, 0.1) is 17.3 Å². The summed E-state index contributed by atoms with van der Waals surface area (Å²) in [4.78, 5) is 0. The highest BCUT2D eigenvalue weighted by molar-refractivity contribution is 5.48. The van der Waals surface area contributed by atoms with Gasteiger partial charge in [0.1, 0.15) is 5.82 Å². The van der Waals surface area contributed by atoms with Gasteiger partial charge in [0.2, 0.25) is 0 Å². The van der Waals surface area contributed by atoms with Crippen LogP contribution in [0.15, 0.2) is 18.2 Å². The summed E-state index contributed by atoms with van der Waals surface area (Å²) >= 11 is 0. The lowest BCUT2D eigenvalue weighted by atomic mass is 9.88. The second kappa shape index (κ2) is 6.36. The van der Waals surface area contributed by atoms with Crippen LogP contribution in [0, 0.1) is 22.6 Å². The number of rotatable bonds is 6. The molecule has 0 amide bonds. The SMILES string of the molecule is CC(C)(CCCO)CNc1ccc(C#N)cc1F. The van der Waals surface area contributed by atoms with Crippen LogP contribution in [0.5, 0.6) is 0 Å². The van der Waals surface area contributed by atoms with Gasteiger partial charge in [-0.05, 0) is 36.5 Å². The van der Waals surface area contributed by atoms with E-state index in [2.05, 4.69) is 19.2 Å². The topological polar surface area (TPSA) is 56.0 Å². The van der Waals surface area contributed by atoms with E-state index in [1.807, 2.05) is 6.07 Å². The maximum Gasteiger partial charge on any atom is 0.147 e. The third kappa shape index (κ3) is 4.34. The fourth-order valence-electron chi connectivity index (χ4n) is 1.71. The van der Waals surface area contributed by atoms with E-state index in [9.17, 15) is 4.39 Å². The minimum atomic E-state index is -0.410. The average molecular weight is 250 g/mol. The second-order valence-electron chi connectivity index (χ2n) is 5.15. The molecule has 0 spiro atoms. The lowest BCUT2D eigenvalue weighted by molar-refractivity contribution is 0.248. The summed E-state index contributed by atoms with van der Waals surface area (Å²) in [5.41, 5.74) is 0.715. The van der Waals surface area contributed by atoms with Crippen LogP contribution in [0.3, 0.4) is 0 Å². The molecule has 0 unspecified atom stereocenters. The lowest BCUT2D eigenvalue weighted by Gasteiger charge is -2.25. The molecule has 0 heterocycles. The Labute approximate surface area is 107 Å². The molecular formula is C14H19FN2O. The van der Waals surface area contributed by atoms with E-state index in [-0.39, 0.29) is 12.0 Å². The van der Waals surface area contributed by atoms with Crippen molar-refractivity contribution in [3.05, 3.63) is 29.6 Å². The molecule has 0 aliphatic carbocycles. The highest BCUT2D eigenvalue weighted by Gasteiger charge is 2.17.